The van der Waals surface area contributed by atoms with Crippen LogP contribution in [0.2, 0.25) is 0 Å². The van der Waals surface area contributed by atoms with E-state index in [0.29, 0.717) is 12.5 Å². The molecule has 0 aromatic heterocycles. The van der Waals surface area contributed by atoms with Crippen molar-refractivity contribution in [3.05, 3.63) is 29.6 Å². The van der Waals surface area contributed by atoms with Gasteiger partial charge in [-0.15, -0.1) is 0 Å². The van der Waals surface area contributed by atoms with Gasteiger partial charge in [0.1, 0.15) is 11.6 Å². The smallest absolute Gasteiger partial charge is 0.254 e. The van der Waals surface area contributed by atoms with Gasteiger partial charge in [0.25, 0.3) is 5.91 Å². The Hall–Kier alpha value is -1.62. The highest BCUT2D eigenvalue weighted by Crippen LogP contribution is 2.33. The molecular weight excluding hydrogens is 273 g/mol. The Bertz CT molecular complexity index is 510. The Morgan fingerprint density at radius 2 is 2.14 bits per heavy atom. The average molecular weight is 295 g/mol. The zero-order valence-corrected chi connectivity index (χ0v) is 12.5. The third-order valence-electron chi connectivity index (χ3n) is 4.39. The molecule has 2 N–H and O–H groups in total. The predicted molar refractivity (Wildman–Crippen MR) is 77.8 cm³/mol. The van der Waals surface area contributed by atoms with Crippen molar-refractivity contribution in [1.29, 1.82) is 0 Å². The summed E-state index contributed by atoms with van der Waals surface area (Å²) in [6.45, 7) is 2.58. The van der Waals surface area contributed by atoms with Gasteiger partial charge in [-0.2, -0.15) is 0 Å². The molecule has 1 saturated carbocycles. The van der Waals surface area contributed by atoms with Gasteiger partial charge in [0.05, 0.1) is 11.2 Å². The lowest BCUT2D eigenvalue weighted by Gasteiger charge is -2.38. The fraction of sp³-hybridized carbons (Fsp3) is 0.562. The SMILES string of the molecule is COC1(CNC(=O)c2ccc(O)cc2F)CCC(C)CC1. The van der Waals surface area contributed by atoms with Gasteiger partial charge in [-0.05, 0) is 43.7 Å². The molecule has 1 aliphatic rings. The van der Waals surface area contributed by atoms with Crippen molar-refractivity contribution in [3.63, 3.8) is 0 Å². The molecule has 2 rings (SSSR count). The van der Waals surface area contributed by atoms with Gasteiger partial charge in [-0.25, -0.2) is 4.39 Å². The van der Waals surface area contributed by atoms with Crippen LogP contribution in [-0.4, -0.2) is 30.3 Å². The zero-order valence-electron chi connectivity index (χ0n) is 12.5. The molecule has 1 aromatic carbocycles. The quantitative estimate of drug-likeness (QED) is 0.898. The summed E-state index contributed by atoms with van der Waals surface area (Å²) >= 11 is 0. The first-order valence-corrected chi connectivity index (χ1v) is 7.28. The highest BCUT2D eigenvalue weighted by atomic mass is 19.1. The van der Waals surface area contributed by atoms with Crippen LogP contribution in [0.25, 0.3) is 0 Å². The molecule has 116 valence electrons. The number of carbonyl (C=O) groups excluding carboxylic acids is 1. The molecule has 1 aromatic rings. The van der Waals surface area contributed by atoms with Crippen LogP contribution in [0.15, 0.2) is 18.2 Å². The molecule has 1 aliphatic carbocycles. The van der Waals surface area contributed by atoms with Gasteiger partial charge < -0.3 is 15.2 Å². The van der Waals surface area contributed by atoms with E-state index in [9.17, 15) is 9.18 Å². The Kier molecular flexibility index (Phi) is 4.83. The van der Waals surface area contributed by atoms with Crippen LogP contribution in [-0.2, 0) is 4.74 Å². The van der Waals surface area contributed by atoms with E-state index in [4.69, 9.17) is 9.84 Å². The number of amides is 1. The van der Waals surface area contributed by atoms with Gasteiger partial charge in [0.2, 0.25) is 0 Å². The van der Waals surface area contributed by atoms with E-state index in [1.165, 1.54) is 12.1 Å². The molecule has 0 radical (unpaired) electrons. The largest absolute Gasteiger partial charge is 0.508 e. The number of methoxy groups -OCH3 is 1. The number of nitrogens with one attached hydrogen (secondary N) is 1. The van der Waals surface area contributed by atoms with Crippen LogP contribution in [0.3, 0.4) is 0 Å². The number of halogens is 1. The lowest BCUT2D eigenvalue weighted by Crippen LogP contribution is -2.46. The third-order valence-corrected chi connectivity index (χ3v) is 4.39. The molecule has 1 fully saturated rings. The van der Waals surface area contributed by atoms with Gasteiger partial charge in [-0.1, -0.05) is 6.92 Å². The fourth-order valence-corrected chi connectivity index (χ4v) is 2.77. The molecule has 0 atom stereocenters. The van der Waals surface area contributed by atoms with Gasteiger partial charge in [-0.3, -0.25) is 4.79 Å². The Balaban J connectivity index is 1.99. The lowest BCUT2D eigenvalue weighted by atomic mass is 9.79. The van der Waals surface area contributed by atoms with Gasteiger partial charge in [0.15, 0.2) is 0 Å². The molecule has 0 saturated heterocycles. The Labute approximate surface area is 124 Å². The Morgan fingerprint density at radius 3 is 2.71 bits per heavy atom. The number of hydrogen-bond acceptors (Lipinski definition) is 3. The maximum atomic E-state index is 13.6. The fourth-order valence-electron chi connectivity index (χ4n) is 2.77. The van der Waals surface area contributed by atoms with Crippen molar-refractivity contribution in [2.45, 2.75) is 38.2 Å². The van der Waals surface area contributed by atoms with Crippen LogP contribution >= 0.6 is 0 Å². The minimum absolute atomic E-state index is 0.0665. The molecule has 0 unspecified atom stereocenters. The number of carbonyl (C=O) groups is 1. The summed E-state index contributed by atoms with van der Waals surface area (Å²) < 4.78 is 19.3. The summed E-state index contributed by atoms with van der Waals surface area (Å²) in [7, 11) is 1.66. The van der Waals surface area contributed by atoms with E-state index in [0.717, 1.165) is 31.7 Å². The molecule has 21 heavy (non-hydrogen) atoms. The number of benzene rings is 1. The number of hydrogen-bond donors (Lipinski definition) is 2. The highest BCUT2D eigenvalue weighted by molar-refractivity contribution is 5.94. The van der Waals surface area contributed by atoms with Crippen molar-refractivity contribution in [1.82, 2.24) is 5.32 Å². The molecule has 0 bridgehead atoms. The maximum absolute atomic E-state index is 13.6. The van der Waals surface area contributed by atoms with E-state index < -0.39 is 11.7 Å². The van der Waals surface area contributed by atoms with Crippen molar-refractivity contribution < 1.29 is 19.0 Å². The van der Waals surface area contributed by atoms with Crippen molar-refractivity contribution in [2.24, 2.45) is 5.92 Å². The highest BCUT2D eigenvalue weighted by Gasteiger charge is 2.34. The minimum Gasteiger partial charge on any atom is -0.508 e. The zero-order chi connectivity index (χ0) is 15.5. The summed E-state index contributed by atoms with van der Waals surface area (Å²) in [6.07, 6.45) is 3.92. The van der Waals surface area contributed by atoms with E-state index in [1.807, 2.05) is 0 Å². The van der Waals surface area contributed by atoms with E-state index in [-0.39, 0.29) is 16.9 Å². The predicted octanol–water partition coefficient (Wildman–Crippen LogP) is 2.86. The number of phenols is 1. The first-order valence-electron chi connectivity index (χ1n) is 7.28. The second-order valence-corrected chi connectivity index (χ2v) is 5.92. The van der Waals surface area contributed by atoms with Crippen molar-refractivity contribution in [2.75, 3.05) is 13.7 Å². The maximum Gasteiger partial charge on any atom is 0.254 e. The first kappa shape index (κ1) is 15.8. The normalized spacial score (nSPS) is 25.6. The number of phenolic OH excluding ortho intramolecular Hbond substituents is 1. The standard InChI is InChI=1S/C16H22FNO3/c1-11-5-7-16(21-2,8-6-11)10-18-15(20)13-4-3-12(19)9-14(13)17/h3-4,9,11,19H,5-8,10H2,1-2H3,(H,18,20). The Morgan fingerprint density at radius 1 is 1.48 bits per heavy atom. The summed E-state index contributed by atoms with van der Waals surface area (Å²) in [6, 6.07) is 3.51. The minimum atomic E-state index is -0.726. The topological polar surface area (TPSA) is 58.6 Å². The summed E-state index contributed by atoms with van der Waals surface area (Å²) in [4.78, 5) is 12.1. The molecule has 5 heteroatoms. The van der Waals surface area contributed by atoms with Crippen LogP contribution in [0.1, 0.15) is 43.0 Å². The summed E-state index contributed by atoms with van der Waals surface area (Å²) in [5.41, 5.74) is -0.418. The van der Waals surface area contributed by atoms with Crippen molar-refractivity contribution in [3.8, 4) is 5.75 Å². The monoisotopic (exact) mass is 295 g/mol. The van der Waals surface area contributed by atoms with E-state index in [2.05, 4.69) is 12.2 Å². The molecule has 1 amide bonds. The molecule has 4 nitrogen and oxygen atoms in total. The molecule has 0 aliphatic heterocycles. The van der Waals surface area contributed by atoms with E-state index in [1.54, 1.807) is 7.11 Å². The van der Waals surface area contributed by atoms with Crippen molar-refractivity contribution >= 4 is 5.91 Å². The molecule has 0 heterocycles. The molecule has 0 spiro atoms. The van der Waals surface area contributed by atoms with Crippen LogP contribution in [0.4, 0.5) is 4.39 Å². The van der Waals surface area contributed by atoms with Crippen LogP contribution in [0, 0.1) is 11.7 Å². The number of rotatable bonds is 4. The second kappa shape index (κ2) is 6.43. The number of aromatic hydroxyl groups is 1. The van der Waals surface area contributed by atoms with Gasteiger partial charge >= 0.3 is 0 Å². The third kappa shape index (κ3) is 3.73. The number of ether oxygens (including phenoxy) is 1. The first-order chi connectivity index (χ1) is 9.96. The second-order valence-electron chi connectivity index (χ2n) is 5.92. The van der Waals surface area contributed by atoms with Gasteiger partial charge in [0, 0.05) is 19.7 Å². The molecular formula is C16H22FNO3. The van der Waals surface area contributed by atoms with Crippen LogP contribution in [0.5, 0.6) is 5.75 Å². The summed E-state index contributed by atoms with van der Waals surface area (Å²) in [5.74, 6) is -0.726. The van der Waals surface area contributed by atoms with Crippen LogP contribution < -0.4 is 5.32 Å². The lowest BCUT2D eigenvalue weighted by molar-refractivity contribution is -0.0446. The average Bonchev–Trinajstić information content (AvgIpc) is 2.47. The van der Waals surface area contributed by atoms with E-state index >= 15 is 0 Å². The summed E-state index contributed by atoms with van der Waals surface area (Å²) in [5, 5.41) is 11.9.